The lowest BCUT2D eigenvalue weighted by molar-refractivity contribution is -0.134. The van der Waals surface area contributed by atoms with Crippen LogP contribution in [0.5, 0.6) is 0 Å². The molecule has 1 heterocycles. The molecule has 2 aromatic rings. The Hall–Kier alpha value is -2.12. The minimum atomic E-state index is -0.272. The van der Waals surface area contributed by atoms with Crippen LogP contribution in [0.25, 0.3) is 0 Å². The molecule has 1 aliphatic heterocycles. The highest BCUT2D eigenvalue weighted by Crippen LogP contribution is 2.20. The fourth-order valence-electron chi connectivity index (χ4n) is 3.32. The molecule has 1 N–H and O–H groups in total. The number of para-hydroxylation sites is 1. The number of halogens is 2. The van der Waals surface area contributed by atoms with Gasteiger partial charge in [0.1, 0.15) is 0 Å². The van der Waals surface area contributed by atoms with Gasteiger partial charge in [-0.1, -0.05) is 47.5 Å². The first-order valence-electron chi connectivity index (χ1n) is 9.88. The van der Waals surface area contributed by atoms with Crippen molar-refractivity contribution < 1.29 is 9.59 Å². The van der Waals surface area contributed by atoms with Gasteiger partial charge in [0, 0.05) is 44.8 Å². The number of likely N-dealkylation sites (N-methyl/N-ethyl adjacent to an activating group) is 1. The number of nitrogens with one attached hydrogen (secondary N) is 1. The van der Waals surface area contributed by atoms with E-state index in [9.17, 15) is 9.59 Å². The van der Waals surface area contributed by atoms with Gasteiger partial charge in [-0.25, -0.2) is 0 Å². The Morgan fingerprint density at radius 1 is 0.967 bits per heavy atom. The van der Waals surface area contributed by atoms with Crippen LogP contribution < -0.4 is 5.32 Å². The van der Waals surface area contributed by atoms with Crippen LogP contribution in [0.15, 0.2) is 48.5 Å². The summed E-state index contributed by atoms with van der Waals surface area (Å²) in [6, 6.07) is 14.9. The van der Waals surface area contributed by atoms with E-state index in [1.165, 1.54) is 10.5 Å². The zero-order chi connectivity index (χ0) is 21.5. The second-order valence-electron chi connectivity index (χ2n) is 7.46. The monoisotopic (exact) mass is 448 g/mol. The summed E-state index contributed by atoms with van der Waals surface area (Å²) in [5.74, 6) is -0.345. The highest BCUT2D eigenvalue weighted by molar-refractivity contribution is 6.33. The van der Waals surface area contributed by atoms with Crippen molar-refractivity contribution in [3.63, 3.8) is 0 Å². The normalized spacial score (nSPS) is 15.0. The van der Waals surface area contributed by atoms with Crippen LogP contribution in [-0.4, -0.2) is 72.8 Å². The molecule has 8 heteroatoms. The molecule has 0 aromatic heterocycles. The molecule has 0 radical (unpaired) electrons. The third kappa shape index (κ3) is 6.71. The van der Waals surface area contributed by atoms with Crippen molar-refractivity contribution in [2.45, 2.75) is 6.54 Å². The number of rotatable bonds is 7. The van der Waals surface area contributed by atoms with Crippen molar-refractivity contribution in [3.05, 3.63) is 64.1 Å². The van der Waals surface area contributed by atoms with E-state index < -0.39 is 0 Å². The number of nitrogens with zero attached hydrogens (tertiary/aromatic N) is 3. The number of carbonyl (C=O) groups excluding carboxylic acids is 2. The van der Waals surface area contributed by atoms with Gasteiger partial charge in [-0.2, -0.15) is 0 Å². The zero-order valence-corrected chi connectivity index (χ0v) is 18.5. The Labute approximate surface area is 187 Å². The maximum atomic E-state index is 12.5. The standard InChI is InChI=1S/C22H26Cl2N4O2/c1-26(15-21(29)25-20-5-3-2-4-19(20)24)22(30)16-28-12-10-27(11-13-28)14-17-6-8-18(23)9-7-17/h2-9H,10-16H2,1H3,(H,25,29). The van der Waals surface area contributed by atoms with E-state index in [0.717, 1.165) is 37.7 Å². The van der Waals surface area contributed by atoms with Gasteiger partial charge < -0.3 is 10.2 Å². The smallest absolute Gasteiger partial charge is 0.244 e. The molecule has 1 saturated heterocycles. The lowest BCUT2D eigenvalue weighted by Gasteiger charge is -2.35. The van der Waals surface area contributed by atoms with Crippen LogP contribution in [0.3, 0.4) is 0 Å². The molecule has 30 heavy (non-hydrogen) atoms. The quantitative estimate of drug-likeness (QED) is 0.706. The average molecular weight is 449 g/mol. The largest absolute Gasteiger partial charge is 0.335 e. The van der Waals surface area contributed by atoms with Gasteiger partial charge >= 0.3 is 0 Å². The Bertz CT molecular complexity index is 868. The van der Waals surface area contributed by atoms with Gasteiger partial charge in [0.05, 0.1) is 23.8 Å². The molecular formula is C22H26Cl2N4O2. The van der Waals surface area contributed by atoms with E-state index in [1.807, 2.05) is 24.3 Å². The second kappa shape index (κ2) is 10.8. The van der Waals surface area contributed by atoms with Gasteiger partial charge in [-0.15, -0.1) is 0 Å². The predicted molar refractivity (Wildman–Crippen MR) is 121 cm³/mol. The molecule has 0 unspecified atom stereocenters. The van der Waals surface area contributed by atoms with E-state index in [-0.39, 0.29) is 18.4 Å². The molecule has 0 atom stereocenters. The van der Waals surface area contributed by atoms with Crippen LogP contribution in [0.1, 0.15) is 5.56 Å². The SMILES string of the molecule is CN(CC(=O)Nc1ccccc1Cl)C(=O)CN1CCN(Cc2ccc(Cl)cc2)CC1. The van der Waals surface area contributed by atoms with Crippen molar-refractivity contribution in [1.29, 1.82) is 0 Å². The lowest BCUT2D eigenvalue weighted by Crippen LogP contribution is -2.49. The summed E-state index contributed by atoms with van der Waals surface area (Å²) >= 11 is 12.0. The molecule has 2 amide bonds. The first kappa shape index (κ1) is 22.6. The van der Waals surface area contributed by atoms with Gasteiger partial charge in [0.2, 0.25) is 11.8 Å². The summed E-state index contributed by atoms with van der Waals surface area (Å²) in [6.45, 7) is 4.60. The topological polar surface area (TPSA) is 55.9 Å². The number of anilines is 1. The Kier molecular flexibility index (Phi) is 8.10. The maximum absolute atomic E-state index is 12.5. The van der Waals surface area contributed by atoms with E-state index in [2.05, 4.69) is 15.1 Å². The van der Waals surface area contributed by atoms with Crippen molar-refractivity contribution in [2.75, 3.05) is 51.6 Å². The van der Waals surface area contributed by atoms with Crippen molar-refractivity contribution in [1.82, 2.24) is 14.7 Å². The first-order valence-corrected chi connectivity index (χ1v) is 10.6. The molecule has 0 saturated carbocycles. The number of hydrogen-bond donors (Lipinski definition) is 1. The maximum Gasteiger partial charge on any atom is 0.244 e. The predicted octanol–water partition coefficient (Wildman–Crippen LogP) is 3.21. The molecule has 1 fully saturated rings. The number of carbonyl (C=O) groups is 2. The van der Waals surface area contributed by atoms with Crippen molar-refractivity contribution >= 4 is 40.7 Å². The highest BCUT2D eigenvalue weighted by atomic mass is 35.5. The lowest BCUT2D eigenvalue weighted by atomic mass is 10.2. The molecule has 160 valence electrons. The Morgan fingerprint density at radius 2 is 1.60 bits per heavy atom. The third-order valence-electron chi connectivity index (χ3n) is 5.10. The summed E-state index contributed by atoms with van der Waals surface area (Å²) in [5, 5.41) is 3.95. The van der Waals surface area contributed by atoms with Gasteiger partial charge in [-0.3, -0.25) is 19.4 Å². The van der Waals surface area contributed by atoms with Gasteiger partial charge in [0.15, 0.2) is 0 Å². The van der Waals surface area contributed by atoms with E-state index in [0.29, 0.717) is 17.3 Å². The van der Waals surface area contributed by atoms with Crippen molar-refractivity contribution in [3.8, 4) is 0 Å². The second-order valence-corrected chi connectivity index (χ2v) is 8.30. The molecule has 2 aromatic carbocycles. The minimum absolute atomic E-state index is 0.0133. The number of benzene rings is 2. The molecule has 6 nitrogen and oxygen atoms in total. The van der Waals surface area contributed by atoms with Crippen LogP contribution in [-0.2, 0) is 16.1 Å². The minimum Gasteiger partial charge on any atom is -0.335 e. The van der Waals surface area contributed by atoms with Crippen LogP contribution in [0.2, 0.25) is 10.0 Å². The van der Waals surface area contributed by atoms with Crippen molar-refractivity contribution in [2.24, 2.45) is 0 Å². The summed E-state index contributed by atoms with van der Waals surface area (Å²) in [5.41, 5.74) is 1.77. The van der Waals surface area contributed by atoms with E-state index in [1.54, 1.807) is 31.3 Å². The molecule has 0 spiro atoms. The summed E-state index contributed by atoms with van der Waals surface area (Å²) in [4.78, 5) is 30.7. The molecule has 3 rings (SSSR count). The van der Waals surface area contributed by atoms with Crippen LogP contribution >= 0.6 is 23.2 Å². The molecular weight excluding hydrogens is 423 g/mol. The van der Waals surface area contributed by atoms with Crippen LogP contribution in [0, 0.1) is 0 Å². The third-order valence-corrected chi connectivity index (χ3v) is 5.68. The number of amides is 2. The summed E-state index contributed by atoms with van der Waals surface area (Å²) < 4.78 is 0. The Morgan fingerprint density at radius 3 is 2.27 bits per heavy atom. The molecule has 0 aliphatic carbocycles. The summed E-state index contributed by atoms with van der Waals surface area (Å²) in [7, 11) is 1.64. The fourth-order valence-corrected chi connectivity index (χ4v) is 3.63. The van der Waals surface area contributed by atoms with Gasteiger partial charge in [0.25, 0.3) is 0 Å². The number of piperazine rings is 1. The van der Waals surface area contributed by atoms with Crippen LogP contribution in [0.4, 0.5) is 5.69 Å². The molecule has 1 aliphatic rings. The fraction of sp³-hybridized carbons (Fsp3) is 0.364. The van der Waals surface area contributed by atoms with E-state index in [4.69, 9.17) is 23.2 Å². The van der Waals surface area contributed by atoms with Gasteiger partial charge in [-0.05, 0) is 29.8 Å². The number of hydrogen-bond acceptors (Lipinski definition) is 4. The zero-order valence-electron chi connectivity index (χ0n) is 17.0. The van der Waals surface area contributed by atoms with E-state index >= 15 is 0 Å². The summed E-state index contributed by atoms with van der Waals surface area (Å²) in [6.07, 6.45) is 0. The average Bonchev–Trinajstić information content (AvgIpc) is 2.73. The first-order chi connectivity index (χ1) is 14.4. The highest BCUT2D eigenvalue weighted by Gasteiger charge is 2.21. The molecule has 0 bridgehead atoms. The Balaban J connectivity index is 1.40.